The van der Waals surface area contributed by atoms with Crippen molar-refractivity contribution in [1.29, 1.82) is 0 Å². The molecule has 43 heavy (non-hydrogen) atoms. The third kappa shape index (κ3) is 7.24. The molecule has 0 aliphatic carbocycles. The number of hydrogen-bond donors (Lipinski definition) is 3. The molecule has 0 aromatic heterocycles. The molecule has 2 amide bonds. The number of methoxy groups -OCH3 is 2. The number of rotatable bonds is 10. The van der Waals surface area contributed by atoms with E-state index in [0.29, 0.717) is 5.39 Å². The molecule has 0 fully saturated rings. The first-order valence-corrected chi connectivity index (χ1v) is 12.7. The molecule has 4 rings (SSSR count). The molecule has 0 radical (unpaired) electrons. The van der Waals surface area contributed by atoms with E-state index in [1.165, 1.54) is 56.7 Å². The van der Waals surface area contributed by atoms with Crippen LogP contribution >= 0.6 is 0 Å². The second-order valence-electron chi connectivity index (χ2n) is 8.92. The molecule has 220 valence electrons. The number of hydrazine groups is 1. The molecule has 0 heterocycles. The zero-order valence-electron chi connectivity index (χ0n) is 22.9. The Hall–Kier alpha value is -5.91. The first kappa shape index (κ1) is 30.1. The van der Waals surface area contributed by atoms with Crippen LogP contribution in [0.5, 0.6) is 11.5 Å². The largest absolute Gasteiger partial charge is 0.497 e. The number of ether oxygens (including phenoxy) is 4. The molecular weight excluding hydrogens is 560 g/mol. The number of carbonyl (C=O) groups is 5. The van der Waals surface area contributed by atoms with Gasteiger partial charge in [0.25, 0.3) is 11.8 Å². The summed E-state index contributed by atoms with van der Waals surface area (Å²) in [6.07, 6.45) is -4.55. The number of benzene rings is 4. The molecule has 12 heteroatoms. The average Bonchev–Trinajstić information content (AvgIpc) is 3.04. The van der Waals surface area contributed by atoms with Crippen LogP contribution in [-0.4, -0.2) is 61.3 Å². The maximum absolute atomic E-state index is 13.3. The summed E-state index contributed by atoms with van der Waals surface area (Å²) in [5.74, 6) is -5.49. The van der Waals surface area contributed by atoms with Crippen LogP contribution in [0.25, 0.3) is 10.8 Å². The molecule has 4 aromatic carbocycles. The van der Waals surface area contributed by atoms with Crippen LogP contribution < -0.4 is 20.3 Å². The van der Waals surface area contributed by atoms with E-state index in [1.807, 2.05) is 0 Å². The summed E-state index contributed by atoms with van der Waals surface area (Å²) in [4.78, 5) is 64.4. The minimum absolute atomic E-state index is 0.0831. The zero-order chi connectivity index (χ0) is 30.9. The van der Waals surface area contributed by atoms with Crippen molar-refractivity contribution in [3.63, 3.8) is 0 Å². The van der Waals surface area contributed by atoms with Gasteiger partial charge in [-0.3, -0.25) is 20.4 Å². The van der Waals surface area contributed by atoms with Gasteiger partial charge in [-0.25, -0.2) is 14.4 Å². The van der Waals surface area contributed by atoms with E-state index in [9.17, 15) is 29.1 Å². The van der Waals surface area contributed by atoms with Crippen molar-refractivity contribution in [1.82, 2.24) is 10.9 Å². The maximum atomic E-state index is 13.3. The van der Waals surface area contributed by atoms with E-state index < -0.39 is 41.9 Å². The summed E-state index contributed by atoms with van der Waals surface area (Å²) in [5, 5.41) is 11.3. The fourth-order valence-electron chi connectivity index (χ4n) is 4.04. The quantitative estimate of drug-likeness (QED) is 0.186. The Kier molecular flexibility index (Phi) is 9.53. The fraction of sp³-hybridized carbons (Fsp3) is 0.129. The number of carbonyl (C=O) groups excluding carboxylic acids is 4. The summed E-state index contributed by atoms with van der Waals surface area (Å²) in [7, 11) is 2.74. The minimum Gasteiger partial charge on any atom is -0.497 e. The van der Waals surface area contributed by atoms with E-state index in [-0.39, 0.29) is 28.2 Å². The highest BCUT2D eigenvalue weighted by molar-refractivity contribution is 6.07. The Bertz CT molecular complexity index is 1680. The van der Waals surface area contributed by atoms with Crippen LogP contribution in [-0.2, 0) is 19.1 Å². The Morgan fingerprint density at radius 1 is 0.651 bits per heavy atom. The van der Waals surface area contributed by atoms with Crippen molar-refractivity contribution in [2.24, 2.45) is 0 Å². The molecule has 0 unspecified atom stereocenters. The van der Waals surface area contributed by atoms with Gasteiger partial charge in [-0.05, 0) is 53.2 Å². The normalized spacial score (nSPS) is 11.9. The van der Waals surface area contributed by atoms with Crippen LogP contribution in [0.4, 0.5) is 0 Å². The van der Waals surface area contributed by atoms with Crippen LogP contribution in [0.3, 0.4) is 0 Å². The number of hydrogen-bond acceptors (Lipinski definition) is 9. The minimum atomic E-state index is -2.32. The van der Waals surface area contributed by atoms with Crippen LogP contribution in [0, 0.1) is 0 Å². The summed E-state index contributed by atoms with van der Waals surface area (Å²) in [6.45, 7) is 0. The molecule has 0 saturated heterocycles. The van der Waals surface area contributed by atoms with Crippen molar-refractivity contribution in [2.75, 3.05) is 14.2 Å². The molecule has 0 bridgehead atoms. The molecule has 2 atom stereocenters. The molecular formula is C31H26N2O10. The zero-order valence-corrected chi connectivity index (χ0v) is 22.9. The number of aliphatic carboxylic acids is 1. The SMILES string of the molecule is COc1cccc(C(=O)O[C@H](C(=O)O)[C@H](OC(=O)c2cccc(OC)c2)C(=O)NNC(=O)c2cccc3ccccc23)c1. The Morgan fingerprint density at radius 3 is 1.77 bits per heavy atom. The van der Waals surface area contributed by atoms with Gasteiger partial charge in [-0.2, -0.15) is 0 Å². The van der Waals surface area contributed by atoms with Gasteiger partial charge in [0, 0.05) is 5.56 Å². The van der Waals surface area contributed by atoms with Gasteiger partial charge in [-0.1, -0.05) is 48.5 Å². The lowest BCUT2D eigenvalue weighted by Crippen LogP contribution is -2.54. The summed E-state index contributed by atoms with van der Waals surface area (Å²) in [5.41, 5.74) is 4.31. The molecule has 4 aromatic rings. The lowest BCUT2D eigenvalue weighted by Gasteiger charge is -2.23. The van der Waals surface area contributed by atoms with Gasteiger partial charge in [0.15, 0.2) is 0 Å². The van der Waals surface area contributed by atoms with E-state index in [1.54, 1.807) is 48.5 Å². The predicted octanol–water partition coefficient (Wildman–Crippen LogP) is 3.15. The van der Waals surface area contributed by atoms with Gasteiger partial charge < -0.3 is 24.1 Å². The third-order valence-corrected chi connectivity index (χ3v) is 6.19. The van der Waals surface area contributed by atoms with Gasteiger partial charge in [0.1, 0.15) is 11.5 Å². The fourth-order valence-corrected chi connectivity index (χ4v) is 4.04. The first-order chi connectivity index (χ1) is 20.7. The lowest BCUT2D eigenvalue weighted by atomic mass is 10.0. The van der Waals surface area contributed by atoms with E-state index in [4.69, 9.17) is 18.9 Å². The maximum Gasteiger partial charge on any atom is 0.349 e. The lowest BCUT2D eigenvalue weighted by molar-refractivity contribution is -0.159. The van der Waals surface area contributed by atoms with E-state index in [2.05, 4.69) is 10.9 Å². The monoisotopic (exact) mass is 586 g/mol. The van der Waals surface area contributed by atoms with Crippen molar-refractivity contribution in [3.8, 4) is 11.5 Å². The number of nitrogens with one attached hydrogen (secondary N) is 2. The number of amides is 2. The van der Waals surface area contributed by atoms with Crippen LogP contribution in [0.1, 0.15) is 31.1 Å². The second kappa shape index (κ2) is 13.6. The molecule has 0 aliphatic rings. The highest BCUT2D eigenvalue weighted by Crippen LogP contribution is 2.20. The molecule has 3 N–H and O–H groups in total. The predicted molar refractivity (Wildman–Crippen MR) is 152 cm³/mol. The standard InChI is InChI=1S/C31H26N2O10/c1-40-21-12-5-10-19(16-21)30(38)42-25(26(29(36)37)43-31(39)20-11-6-13-22(17-20)41-2)28(35)33-32-27(34)24-15-7-9-18-8-3-4-14-23(18)24/h3-17,25-26H,1-2H3,(H,32,34)(H,33,35)(H,36,37)/t25-,26-/m0/s1. The van der Waals surface area contributed by atoms with Crippen LogP contribution in [0.2, 0.25) is 0 Å². The van der Waals surface area contributed by atoms with Crippen molar-refractivity contribution >= 4 is 40.5 Å². The van der Waals surface area contributed by atoms with Gasteiger partial charge >= 0.3 is 17.9 Å². The first-order valence-electron chi connectivity index (χ1n) is 12.7. The molecule has 0 saturated carbocycles. The van der Waals surface area contributed by atoms with Gasteiger partial charge in [0.2, 0.25) is 12.2 Å². The Labute approximate surface area is 245 Å². The topological polar surface area (TPSA) is 167 Å². The smallest absolute Gasteiger partial charge is 0.349 e. The van der Waals surface area contributed by atoms with Gasteiger partial charge in [-0.15, -0.1) is 0 Å². The van der Waals surface area contributed by atoms with E-state index in [0.717, 1.165) is 5.39 Å². The number of fused-ring (bicyclic) bond motifs is 1. The highest BCUT2D eigenvalue weighted by atomic mass is 16.6. The summed E-state index contributed by atoms with van der Waals surface area (Å²) in [6, 6.07) is 23.4. The van der Waals surface area contributed by atoms with E-state index >= 15 is 0 Å². The van der Waals surface area contributed by atoms with Crippen molar-refractivity contribution in [2.45, 2.75) is 12.2 Å². The summed E-state index contributed by atoms with van der Waals surface area (Å²) >= 11 is 0. The molecule has 12 nitrogen and oxygen atoms in total. The Balaban J connectivity index is 1.60. The molecule has 0 aliphatic heterocycles. The number of esters is 2. The van der Waals surface area contributed by atoms with Gasteiger partial charge in [0.05, 0.1) is 25.3 Å². The van der Waals surface area contributed by atoms with Crippen molar-refractivity contribution in [3.05, 3.63) is 108 Å². The summed E-state index contributed by atoms with van der Waals surface area (Å²) < 4.78 is 20.6. The third-order valence-electron chi connectivity index (χ3n) is 6.19. The second-order valence-corrected chi connectivity index (χ2v) is 8.92. The number of carboxylic acids is 1. The number of carboxylic acid groups (broad SMARTS) is 1. The van der Waals surface area contributed by atoms with Crippen molar-refractivity contribution < 1.29 is 48.0 Å². The highest BCUT2D eigenvalue weighted by Gasteiger charge is 2.41. The molecule has 0 spiro atoms. The Morgan fingerprint density at radius 2 is 1.19 bits per heavy atom. The average molecular weight is 587 g/mol. The van der Waals surface area contributed by atoms with Crippen LogP contribution in [0.15, 0.2) is 91.0 Å².